The maximum absolute atomic E-state index is 12.9. The highest BCUT2D eigenvalue weighted by Gasteiger charge is 2.36. The highest BCUT2D eigenvalue weighted by molar-refractivity contribution is 6.24. The number of alkyl halides is 3. The monoisotopic (exact) mass is 445 g/mol. The summed E-state index contributed by atoms with van der Waals surface area (Å²) in [7, 11) is 1.49. The lowest BCUT2D eigenvalue weighted by Gasteiger charge is -2.16. The number of aryl methyl sites for hydroxylation is 3. The lowest BCUT2D eigenvalue weighted by atomic mass is 9.92. The van der Waals surface area contributed by atoms with Gasteiger partial charge in [-0.1, -0.05) is 29.8 Å². The molecule has 1 N–H and O–H groups in total. The largest absolute Gasteiger partial charge is 0.500 e. The van der Waals surface area contributed by atoms with Gasteiger partial charge in [0.05, 0.1) is 18.2 Å². The van der Waals surface area contributed by atoms with Gasteiger partial charge in [0.15, 0.2) is 5.78 Å². The van der Waals surface area contributed by atoms with Crippen LogP contribution in [0.25, 0.3) is 5.57 Å². The van der Waals surface area contributed by atoms with Gasteiger partial charge in [-0.05, 0) is 55.2 Å². The molecule has 0 aliphatic heterocycles. The Labute approximate surface area is 185 Å². The maximum Gasteiger partial charge on any atom is 0.416 e. The van der Waals surface area contributed by atoms with Crippen molar-refractivity contribution in [1.29, 1.82) is 0 Å². The van der Waals surface area contributed by atoms with Crippen molar-refractivity contribution in [2.75, 3.05) is 7.11 Å². The molecule has 0 saturated heterocycles. The summed E-state index contributed by atoms with van der Waals surface area (Å²) >= 11 is 0. The van der Waals surface area contributed by atoms with Crippen LogP contribution in [-0.4, -0.2) is 18.8 Å². The fourth-order valence-electron chi connectivity index (χ4n) is 4.38. The number of hydrogen-bond donors (Lipinski definition) is 1. The first-order chi connectivity index (χ1) is 15.0. The number of amides is 1. The van der Waals surface area contributed by atoms with Crippen LogP contribution in [0.5, 0.6) is 0 Å². The van der Waals surface area contributed by atoms with Crippen LogP contribution in [0.3, 0.4) is 0 Å². The number of allylic oxidation sites excluding steroid dienone is 2. The first-order valence-electron chi connectivity index (χ1n) is 10.3. The van der Waals surface area contributed by atoms with Crippen molar-refractivity contribution in [3.8, 4) is 0 Å². The standard InChI is InChI=1S/C25H26F3NO3/c1-14-8-15(2)22(16(3)9-14)23-20(30)11-18(24(23)32-4)12-21(31)29-13-17-6-5-7-19(10-17)25(26,27)28/h5-10,18H,11-13H2,1-4H3,(H,29,31). The first-order valence-corrected chi connectivity index (χ1v) is 10.3. The van der Waals surface area contributed by atoms with E-state index in [4.69, 9.17) is 4.74 Å². The number of halogens is 3. The summed E-state index contributed by atoms with van der Waals surface area (Å²) < 4.78 is 44.2. The first kappa shape index (κ1) is 23.6. The van der Waals surface area contributed by atoms with Gasteiger partial charge >= 0.3 is 6.18 Å². The third-order valence-electron chi connectivity index (χ3n) is 5.65. The van der Waals surface area contributed by atoms with Crippen molar-refractivity contribution in [1.82, 2.24) is 5.32 Å². The normalized spacial score (nSPS) is 16.5. The number of rotatable bonds is 6. The summed E-state index contributed by atoms with van der Waals surface area (Å²) in [5.74, 6) is -0.357. The van der Waals surface area contributed by atoms with Gasteiger partial charge in [0.25, 0.3) is 0 Å². The van der Waals surface area contributed by atoms with E-state index in [0.717, 1.165) is 34.4 Å². The molecule has 7 heteroatoms. The Morgan fingerprint density at radius 3 is 2.38 bits per heavy atom. The van der Waals surface area contributed by atoms with Crippen molar-refractivity contribution in [2.45, 2.75) is 46.3 Å². The molecule has 0 aromatic heterocycles. The molecule has 1 unspecified atom stereocenters. The molecule has 32 heavy (non-hydrogen) atoms. The molecule has 3 rings (SSSR count). The average molecular weight is 445 g/mol. The molecule has 1 atom stereocenters. The minimum absolute atomic E-state index is 0.0152. The van der Waals surface area contributed by atoms with Crippen LogP contribution in [0.2, 0.25) is 0 Å². The number of benzene rings is 2. The van der Waals surface area contributed by atoms with Gasteiger partial charge in [0.1, 0.15) is 5.76 Å². The molecule has 0 radical (unpaired) electrons. The minimum Gasteiger partial charge on any atom is -0.500 e. The maximum atomic E-state index is 12.9. The highest BCUT2D eigenvalue weighted by atomic mass is 19.4. The van der Waals surface area contributed by atoms with Crippen LogP contribution in [0.15, 0.2) is 42.2 Å². The SMILES string of the molecule is COC1=C(c2c(C)cc(C)cc2C)C(=O)CC1CC(=O)NCc1cccc(C(F)(F)F)c1. The summed E-state index contributed by atoms with van der Waals surface area (Å²) in [5.41, 5.74) is 3.97. The van der Waals surface area contributed by atoms with Gasteiger partial charge in [-0.2, -0.15) is 13.2 Å². The molecule has 0 fully saturated rings. The quantitative estimate of drug-likeness (QED) is 0.658. The molecule has 0 spiro atoms. The second-order valence-corrected chi connectivity index (χ2v) is 8.22. The zero-order chi connectivity index (χ0) is 23.6. The second kappa shape index (κ2) is 9.18. The smallest absolute Gasteiger partial charge is 0.416 e. The average Bonchev–Trinajstić information content (AvgIpc) is 3.00. The zero-order valence-electron chi connectivity index (χ0n) is 18.5. The van der Waals surface area contributed by atoms with Crippen LogP contribution < -0.4 is 5.32 Å². The third kappa shape index (κ3) is 5.03. The molecule has 1 aliphatic carbocycles. The van der Waals surface area contributed by atoms with Crippen molar-refractivity contribution in [3.63, 3.8) is 0 Å². The number of ether oxygens (including phenoxy) is 1. The predicted molar refractivity (Wildman–Crippen MR) is 116 cm³/mol. The van der Waals surface area contributed by atoms with Crippen LogP contribution in [0, 0.1) is 26.7 Å². The van der Waals surface area contributed by atoms with Crippen molar-refractivity contribution in [2.24, 2.45) is 5.92 Å². The van der Waals surface area contributed by atoms with Crippen LogP contribution in [-0.2, 0) is 27.0 Å². The van der Waals surface area contributed by atoms with Gasteiger partial charge in [-0.3, -0.25) is 9.59 Å². The van der Waals surface area contributed by atoms with E-state index in [9.17, 15) is 22.8 Å². The predicted octanol–water partition coefficient (Wildman–Crippen LogP) is 5.28. The van der Waals surface area contributed by atoms with Gasteiger partial charge in [-0.25, -0.2) is 0 Å². The summed E-state index contributed by atoms with van der Waals surface area (Å²) in [5, 5.41) is 2.65. The molecule has 0 saturated carbocycles. The molecular formula is C25H26F3NO3. The van der Waals surface area contributed by atoms with Crippen molar-refractivity contribution in [3.05, 3.63) is 75.5 Å². The van der Waals surface area contributed by atoms with E-state index < -0.39 is 17.7 Å². The Hall–Kier alpha value is -3.09. The summed E-state index contributed by atoms with van der Waals surface area (Å²) in [6.45, 7) is 5.85. The van der Waals surface area contributed by atoms with Gasteiger partial charge in [-0.15, -0.1) is 0 Å². The number of hydrogen-bond acceptors (Lipinski definition) is 3. The molecule has 2 aromatic carbocycles. The summed E-state index contributed by atoms with van der Waals surface area (Å²) in [6, 6.07) is 8.85. The number of ketones is 1. The molecule has 1 amide bonds. The Balaban J connectivity index is 1.75. The van der Waals surface area contributed by atoms with E-state index in [1.165, 1.54) is 19.2 Å². The molecular weight excluding hydrogens is 419 g/mol. The van der Waals surface area contributed by atoms with E-state index in [1.807, 2.05) is 32.9 Å². The van der Waals surface area contributed by atoms with Crippen molar-refractivity contribution < 1.29 is 27.5 Å². The topological polar surface area (TPSA) is 55.4 Å². The van der Waals surface area contributed by atoms with E-state index in [2.05, 4.69) is 5.32 Å². The van der Waals surface area contributed by atoms with Gasteiger partial charge in [0, 0.05) is 25.3 Å². The highest BCUT2D eigenvalue weighted by Crippen LogP contribution is 2.40. The van der Waals surface area contributed by atoms with E-state index in [-0.39, 0.29) is 31.1 Å². The van der Waals surface area contributed by atoms with Crippen LogP contribution in [0.1, 0.15) is 46.2 Å². The van der Waals surface area contributed by atoms with Gasteiger partial charge in [0.2, 0.25) is 5.91 Å². The van der Waals surface area contributed by atoms with Gasteiger partial charge < -0.3 is 10.1 Å². The van der Waals surface area contributed by atoms with Crippen LogP contribution in [0.4, 0.5) is 13.2 Å². The third-order valence-corrected chi connectivity index (χ3v) is 5.65. The number of Topliss-reactive ketones (excluding diaryl/α,β-unsaturated/α-hetero) is 1. The Morgan fingerprint density at radius 1 is 1.12 bits per heavy atom. The minimum atomic E-state index is -4.44. The Morgan fingerprint density at radius 2 is 1.78 bits per heavy atom. The van der Waals surface area contributed by atoms with E-state index >= 15 is 0 Å². The molecule has 4 nitrogen and oxygen atoms in total. The van der Waals surface area contributed by atoms with E-state index in [0.29, 0.717) is 16.9 Å². The number of nitrogens with one attached hydrogen (secondary N) is 1. The molecule has 1 aliphatic rings. The Bertz CT molecular complexity index is 1060. The van der Waals surface area contributed by atoms with Crippen LogP contribution >= 0.6 is 0 Å². The fraction of sp³-hybridized carbons (Fsp3) is 0.360. The Kier molecular flexibility index (Phi) is 6.77. The second-order valence-electron chi connectivity index (χ2n) is 8.22. The zero-order valence-corrected chi connectivity index (χ0v) is 18.5. The molecule has 170 valence electrons. The summed E-state index contributed by atoms with van der Waals surface area (Å²) in [6.07, 6.45) is -4.27. The summed E-state index contributed by atoms with van der Waals surface area (Å²) in [4.78, 5) is 25.4. The van der Waals surface area contributed by atoms with E-state index in [1.54, 1.807) is 0 Å². The van der Waals surface area contributed by atoms with Crippen molar-refractivity contribution >= 4 is 17.3 Å². The fourth-order valence-corrected chi connectivity index (χ4v) is 4.38. The lowest BCUT2D eigenvalue weighted by molar-refractivity contribution is -0.137. The number of carbonyl (C=O) groups excluding carboxylic acids is 2. The molecule has 0 bridgehead atoms. The number of methoxy groups -OCH3 is 1. The number of carbonyl (C=O) groups is 2. The molecule has 2 aromatic rings. The lowest BCUT2D eigenvalue weighted by Crippen LogP contribution is -2.25. The molecule has 0 heterocycles.